The number of hydrogen-bond acceptors (Lipinski definition) is 5. The highest BCUT2D eigenvalue weighted by molar-refractivity contribution is 5.68. The largest absolute Gasteiger partial charge is 0.444 e. The Hall–Kier alpha value is -1.60. The third-order valence-corrected chi connectivity index (χ3v) is 3.16. The van der Waals surface area contributed by atoms with Gasteiger partial charge in [-0.05, 0) is 40.7 Å². The van der Waals surface area contributed by atoms with Crippen LogP contribution in [0.25, 0.3) is 0 Å². The summed E-state index contributed by atoms with van der Waals surface area (Å²) in [4.78, 5) is 13.7. The third-order valence-electron chi connectivity index (χ3n) is 3.16. The van der Waals surface area contributed by atoms with E-state index in [0.29, 0.717) is 19.6 Å². The summed E-state index contributed by atoms with van der Waals surface area (Å²) in [6, 6.07) is 0. The molecule has 0 unspecified atom stereocenters. The molecule has 2 N–H and O–H groups in total. The van der Waals surface area contributed by atoms with Gasteiger partial charge in [0.1, 0.15) is 5.60 Å². The summed E-state index contributed by atoms with van der Waals surface area (Å²) in [6.07, 6.45) is 4.31. The number of carbonyl (C=O) groups is 1. The fraction of sp³-hybridized carbons (Fsp3) is 0.750. The van der Waals surface area contributed by atoms with Gasteiger partial charge in [-0.1, -0.05) is 0 Å². The van der Waals surface area contributed by atoms with Crippen molar-refractivity contribution in [3.63, 3.8) is 0 Å². The van der Waals surface area contributed by atoms with Crippen molar-refractivity contribution >= 4 is 6.09 Å². The van der Waals surface area contributed by atoms with Crippen LogP contribution in [0.15, 0.2) is 12.4 Å². The smallest absolute Gasteiger partial charge is 0.410 e. The number of aliphatic hydroxyl groups excluding tert-OH is 1. The van der Waals surface area contributed by atoms with Crippen molar-refractivity contribution in [1.29, 1.82) is 0 Å². The molecule has 7 nitrogen and oxygen atoms in total. The zero-order valence-corrected chi connectivity index (χ0v) is 14.7. The molecule has 23 heavy (non-hydrogen) atoms. The highest BCUT2D eigenvalue weighted by Gasteiger charge is 2.20. The molecule has 0 saturated heterocycles. The molecule has 0 saturated carbocycles. The van der Waals surface area contributed by atoms with E-state index in [9.17, 15) is 4.79 Å². The molecule has 0 spiro atoms. The highest BCUT2D eigenvalue weighted by Crippen LogP contribution is 2.10. The SMILES string of the molecule is CCN(CCCNCc1cnn(CCO)c1)C(=O)OC(C)(C)C. The first kappa shape index (κ1) is 19.4. The Morgan fingerprint density at radius 2 is 2.22 bits per heavy atom. The lowest BCUT2D eigenvalue weighted by molar-refractivity contribution is 0.0258. The monoisotopic (exact) mass is 326 g/mol. The Morgan fingerprint density at radius 3 is 2.83 bits per heavy atom. The summed E-state index contributed by atoms with van der Waals surface area (Å²) in [6.45, 7) is 11.0. The average Bonchev–Trinajstić information content (AvgIpc) is 2.89. The first-order valence-corrected chi connectivity index (χ1v) is 8.16. The number of aliphatic hydroxyl groups is 1. The number of rotatable bonds is 9. The number of aromatic nitrogens is 2. The van der Waals surface area contributed by atoms with Crippen molar-refractivity contribution in [2.75, 3.05) is 26.2 Å². The molecule has 1 aromatic heterocycles. The van der Waals surface area contributed by atoms with Crippen LogP contribution in [0.2, 0.25) is 0 Å². The van der Waals surface area contributed by atoms with Crippen molar-refractivity contribution in [1.82, 2.24) is 20.0 Å². The number of amides is 1. The first-order chi connectivity index (χ1) is 10.9. The molecular weight excluding hydrogens is 296 g/mol. The van der Waals surface area contributed by atoms with Crippen LogP contribution in [0.1, 0.15) is 39.7 Å². The predicted octanol–water partition coefficient (Wildman–Crippen LogP) is 1.61. The quantitative estimate of drug-likeness (QED) is 0.674. The van der Waals surface area contributed by atoms with E-state index in [4.69, 9.17) is 9.84 Å². The Labute approximate surface area is 138 Å². The lowest BCUT2D eigenvalue weighted by Gasteiger charge is -2.26. The van der Waals surface area contributed by atoms with Crippen LogP contribution in [-0.2, 0) is 17.8 Å². The van der Waals surface area contributed by atoms with E-state index in [2.05, 4.69) is 10.4 Å². The lowest BCUT2D eigenvalue weighted by Crippen LogP contribution is -2.38. The van der Waals surface area contributed by atoms with Gasteiger partial charge in [0.25, 0.3) is 0 Å². The Balaban J connectivity index is 2.22. The van der Waals surface area contributed by atoms with E-state index in [1.54, 1.807) is 15.8 Å². The Bertz CT molecular complexity index is 468. The summed E-state index contributed by atoms with van der Waals surface area (Å²) in [7, 11) is 0. The molecule has 0 radical (unpaired) electrons. The van der Waals surface area contributed by atoms with Gasteiger partial charge in [0.15, 0.2) is 0 Å². The normalized spacial score (nSPS) is 11.5. The number of nitrogens with zero attached hydrogens (tertiary/aromatic N) is 3. The van der Waals surface area contributed by atoms with E-state index in [0.717, 1.165) is 25.1 Å². The molecule has 0 fully saturated rings. The van der Waals surface area contributed by atoms with Gasteiger partial charge in [0.2, 0.25) is 0 Å². The molecule has 1 amide bonds. The van der Waals surface area contributed by atoms with Gasteiger partial charge < -0.3 is 20.1 Å². The minimum atomic E-state index is -0.461. The van der Waals surface area contributed by atoms with Gasteiger partial charge in [-0.15, -0.1) is 0 Å². The number of ether oxygens (including phenoxy) is 1. The van der Waals surface area contributed by atoms with Gasteiger partial charge in [0, 0.05) is 31.4 Å². The molecule has 0 aliphatic carbocycles. The molecule has 1 aromatic rings. The van der Waals surface area contributed by atoms with Gasteiger partial charge in [-0.25, -0.2) is 4.79 Å². The lowest BCUT2D eigenvalue weighted by atomic mass is 10.2. The maximum atomic E-state index is 12.0. The molecule has 0 aromatic carbocycles. The number of nitrogens with one attached hydrogen (secondary N) is 1. The van der Waals surface area contributed by atoms with Crippen molar-refractivity contribution in [3.05, 3.63) is 18.0 Å². The molecule has 7 heteroatoms. The van der Waals surface area contributed by atoms with Crippen LogP contribution in [-0.4, -0.2) is 57.7 Å². The second kappa shape index (κ2) is 9.52. The molecular formula is C16H30N4O3. The van der Waals surface area contributed by atoms with E-state index >= 15 is 0 Å². The van der Waals surface area contributed by atoms with Crippen molar-refractivity contribution in [2.24, 2.45) is 0 Å². The maximum absolute atomic E-state index is 12.0. The summed E-state index contributed by atoms with van der Waals surface area (Å²) in [5.74, 6) is 0. The van der Waals surface area contributed by atoms with Crippen molar-refractivity contribution < 1.29 is 14.6 Å². The zero-order chi connectivity index (χ0) is 17.3. The minimum absolute atomic E-state index is 0.0894. The molecule has 0 aliphatic heterocycles. The summed E-state index contributed by atoms with van der Waals surface area (Å²) in [5.41, 5.74) is 0.621. The molecule has 132 valence electrons. The summed E-state index contributed by atoms with van der Waals surface area (Å²) >= 11 is 0. The summed E-state index contributed by atoms with van der Waals surface area (Å²) < 4.78 is 7.10. The highest BCUT2D eigenvalue weighted by atomic mass is 16.6. The van der Waals surface area contributed by atoms with Crippen LogP contribution in [0.4, 0.5) is 4.79 Å². The standard InChI is InChI=1S/C16H30N4O3/c1-5-19(15(22)23-16(2,3)4)8-6-7-17-11-14-12-18-20(13-14)9-10-21/h12-13,17,21H,5-11H2,1-4H3. The molecule has 0 aliphatic rings. The number of hydrogen-bond donors (Lipinski definition) is 2. The van der Waals surface area contributed by atoms with Gasteiger partial charge in [-0.2, -0.15) is 5.10 Å². The first-order valence-electron chi connectivity index (χ1n) is 8.16. The second-order valence-electron chi connectivity index (χ2n) is 6.43. The van der Waals surface area contributed by atoms with Crippen molar-refractivity contribution in [2.45, 2.75) is 52.8 Å². The Kier molecular flexibility index (Phi) is 8.05. The van der Waals surface area contributed by atoms with Gasteiger partial charge in [-0.3, -0.25) is 4.68 Å². The zero-order valence-electron chi connectivity index (χ0n) is 14.7. The van der Waals surface area contributed by atoms with Crippen LogP contribution < -0.4 is 5.32 Å². The molecule has 1 heterocycles. The van der Waals surface area contributed by atoms with Crippen molar-refractivity contribution in [3.8, 4) is 0 Å². The fourth-order valence-corrected chi connectivity index (χ4v) is 2.06. The second-order valence-corrected chi connectivity index (χ2v) is 6.43. The topological polar surface area (TPSA) is 79.6 Å². The van der Waals surface area contributed by atoms with Crippen LogP contribution >= 0.6 is 0 Å². The number of carbonyl (C=O) groups excluding carboxylic acids is 1. The van der Waals surface area contributed by atoms with E-state index in [1.165, 1.54) is 0 Å². The van der Waals surface area contributed by atoms with Crippen LogP contribution in [0, 0.1) is 0 Å². The minimum Gasteiger partial charge on any atom is -0.444 e. The van der Waals surface area contributed by atoms with E-state index in [-0.39, 0.29) is 12.7 Å². The molecule has 0 atom stereocenters. The van der Waals surface area contributed by atoms with Gasteiger partial charge in [0.05, 0.1) is 19.3 Å². The van der Waals surface area contributed by atoms with Crippen LogP contribution in [0.3, 0.4) is 0 Å². The third kappa shape index (κ3) is 7.99. The molecule has 0 bridgehead atoms. The van der Waals surface area contributed by atoms with E-state index < -0.39 is 5.60 Å². The fourth-order valence-electron chi connectivity index (χ4n) is 2.06. The van der Waals surface area contributed by atoms with E-state index in [1.807, 2.05) is 33.9 Å². The maximum Gasteiger partial charge on any atom is 0.410 e. The summed E-state index contributed by atoms with van der Waals surface area (Å²) in [5, 5.41) is 16.3. The predicted molar refractivity (Wildman–Crippen MR) is 89.1 cm³/mol. The van der Waals surface area contributed by atoms with Gasteiger partial charge >= 0.3 is 6.09 Å². The average molecular weight is 326 g/mol. The molecule has 1 rings (SSSR count). The Morgan fingerprint density at radius 1 is 1.48 bits per heavy atom. The van der Waals surface area contributed by atoms with Crippen LogP contribution in [0.5, 0.6) is 0 Å².